The van der Waals surface area contributed by atoms with Gasteiger partial charge in [0, 0.05) is 18.2 Å². The minimum atomic E-state index is -0.916. The number of nitrogens with one attached hydrogen (secondary N) is 1. The molecule has 0 saturated carbocycles. The largest absolute Gasteiger partial charge is 0.467 e. The minimum absolute atomic E-state index is 0.0311. The molecule has 7 nitrogen and oxygen atoms in total. The zero-order valence-electron chi connectivity index (χ0n) is 13.4. The summed E-state index contributed by atoms with van der Waals surface area (Å²) < 4.78 is 4.72. The number of nitro benzene ring substituents is 1. The Morgan fingerprint density at radius 2 is 1.76 bits per heavy atom. The summed E-state index contributed by atoms with van der Waals surface area (Å²) in [4.78, 5) is 34.1. The van der Waals surface area contributed by atoms with E-state index in [4.69, 9.17) is 4.74 Å². The Hall–Kier alpha value is -3.48. The van der Waals surface area contributed by atoms with Gasteiger partial charge >= 0.3 is 5.97 Å². The van der Waals surface area contributed by atoms with Crippen molar-refractivity contribution < 1.29 is 19.2 Å². The lowest BCUT2D eigenvalue weighted by molar-refractivity contribution is -0.384. The van der Waals surface area contributed by atoms with Crippen molar-refractivity contribution in [2.45, 2.75) is 6.04 Å². The van der Waals surface area contributed by atoms with Crippen LogP contribution >= 0.6 is 0 Å². The number of amides is 1. The predicted octanol–water partition coefficient (Wildman–Crippen LogP) is 2.64. The van der Waals surface area contributed by atoms with Crippen LogP contribution in [0.15, 0.2) is 60.7 Å². The molecule has 128 valence electrons. The van der Waals surface area contributed by atoms with Crippen LogP contribution in [0.4, 0.5) is 5.69 Å². The van der Waals surface area contributed by atoms with E-state index in [0.717, 1.165) is 0 Å². The quantitative estimate of drug-likeness (QED) is 0.377. The lowest BCUT2D eigenvalue weighted by atomic mass is 10.1. The maximum atomic E-state index is 12.1. The molecule has 25 heavy (non-hydrogen) atoms. The second-order valence-electron chi connectivity index (χ2n) is 5.06. The second kappa shape index (κ2) is 8.39. The number of hydrogen-bond acceptors (Lipinski definition) is 5. The number of carbonyl (C=O) groups excluding carboxylic acids is 2. The average molecular weight is 340 g/mol. The average Bonchev–Trinajstić information content (AvgIpc) is 2.64. The van der Waals surface area contributed by atoms with Crippen molar-refractivity contribution in [3.05, 3.63) is 81.9 Å². The molecule has 0 fully saturated rings. The highest BCUT2D eigenvalue weighted by Gasteiger charge is 2.22. The molecule has 1 amide bonds. The van der Waals surface area contributed by atoms with Gasteiger partial charge in [-0.25, -0.2) is 4.79 Å². The summed E-state index contributed by atoms with van der Waals surface area (Å²) in [5.41, 5.74) is 1.19. The summed E-state index contributed by atoms with van der Waals surface area (Å²) in [6.45, 7) is 0. The maximum Gasteiger partial charge on any atom is 0.333 e. The van der Waals surface area contributed by atoms with Gasteiger partial charge in [0.2, 0.25) is 5.91 Å². The Morgan fingerprint density at radius 3 is 2.32 bits per heavy atom. The lowest BCUT2D eigenvalue weighted by Crippen LogP contribution is -2.33. The fourth-order valence-corrected chi connectivity index (χ4v) is 2.11. The van der Waals surface area contributed by atoms with Crippen molar-refractivity contribution in [2.24, 2.45) is 0 Å². The molecule has 0 aliphatic carbocycles. The van der Waals surface area contributed by atoms with Crippen molar-refractivity contribution in [3.8, 4) is 0 Å². The Bertz CT molecular complexity index is 785. The van der Waals surface area contributed by atoms with Crippen LogP contribution in [0.25, 0.3) is 6.08 Å². The van der Waals surface area contributed by atoms with Crippen LogP contribution < -0.4 is 5.32 Å². The molecule has 2 aromatic carbocycles. The van der Waals surface area contributed by atoms with Crippen LogP contribution in [0.2, 0.25) is 0 Å². The first-order valence-electron chi connectivity index (χ1n) is 7.37. The van der Waals surface area contributed by atoms with Gasteiger partial charge in [0.15, 0.2) is 6.04 Å². The molecule has 1 N–H and O–H groups in total. The molecule has 0 aromatic heterocycles. The van der Waals surface area contributed by atoms with Gasteiger partial charge in [0.25, 0.3) is 5.69 Å². The summed E-state index contributed by atoms with van der Waals surface area (Å²) in [6, 6.07) is 13.6. The molecule has 0 unspecified atom stereocenters. The van der Waals surface area contributed by atoms with Crippen molar-refractivity contribution >= 4 is 23.6 Å². The summed E-state index contributed by atoms with van der Waals surface area (Å²) >= 11 is 0. The molecule has 2 aromatic rings. The smallest absolute Gasteiger partial charge is 0.333 e. The summed E-state index contributed by atoms with van der Waals surface area (Å²) in [5.74, 6) is -1.07. The van der Waals surface area contributed by atoms with E-state index in [1.807, 2.05) is 0 Å². The molecular weight excluding hydrogens is 324 g/mol. The van der Waals surface area contributed by atoms with Crippen molar-refractivity contribution in [2.75, 3.05) is 7.11 Å². The van der Waals surface area contributed by atoms with Gasteiger partial charge in [-0.1, -0.05) is 30.3 Å². The first-order chi connectivity index (χ1) is 12.0. The first kappa shape index (κ1) is 17.9. The molecule has 0 spiro atoms. The molecule has 0 heterocycles. The predicted molar refractivity (Wildman–Crippen MR) is 91.5 cm³/mol. The van der Waals surface area contributed by atoms with E-state index in [-0.39, 0.29) is 5.69 Å². The van der Waals surface area contributed by atoms with Gasteiger partial charge in [-0.2, -0.15) is 0 Å². The van der Waals surface area contributed by atoms with Crippen LogP contribution in [-0.4, -0.2) is 23.9 Å². The highest BCUT2D eigenvalue weighted by Crippen LogP contribution is 2.15. The number of methoxy groups -OCH3 is 1. The number of hydrogen-bond donors (Lipinski definition) is 1. The Balaban J connectivity index is 2.08. The van der Waals surface area contributed by atoms with E-state index >= 15 is 0 Å². The van der Waals surface area contributed by atoms with E-state index in [2.05, 4.69) is 5.32 Å². The first-order valence-corrected chi connectivity index (χ1v) is 7.37. The number of non-ortho nitro benzene ring substituents is 1. The third kappa shape index (κ3) is 5.00. The Kier molecular flexibility index (Phi) is 6.00. The molecule has 2 rings (SSSR count). The molecule has 0 aliphatic heterocycles. The fourth-order valence-electron chi connectivity index (χ4n) is 2.11. The fraction of sp³-hybridized carbons (Fsp3) is 0.111. The number of nitrogens with zero attached hydrogens (tertiary/aromatic N) is 1. The lowest BCUT2D eigenvalue weighted by Gasteiger charge is -2.15. The van der Waals surface area contributed by atoms with Crippen molar-refractivity contribution in [1.29, 1.82) is 0 Å². The molecule has 1 atom stereocenters. The summed E-state index contributed by atoms with van der Waals surface area (Å²) in [7, 11) is 1.25. The molecule has 7 heteroatoms. The van der Waals surface area contributed by atoms with Crippen molar-refractivity contribution in [3.63, 3.8) is 0 Å². The monoisotopic (exact) mass is 340 g/mol. The van der Waals surface area contributed by atoms with E-state index in [9.17, 15) is 19.7 Å². The molecule has 0 saturated heterocycles. The number of esters is 1. The standard InChI is InChI=1S/C18H16N2O5/c1-25-18(22)17(14-5-3-2-4-6-14)19-16(21)12-9-13-7-10-15(11-8-13)20(23)24/h2-12,17H,1H3,(H,19,21)/b12-9-/t17-/m0/s1. The number of benzene rings is 2. The van der Waals surface area contributed by atoms with Gasteiger partial charge in [0.05, 0.1) is 12.0 Å². The van der Waals surface area contributed by atoms with E-state index < -0.39 is 22.8 Å². The van der Waals surface area contributed by atoms with E-state index in [0.29, 0.717) is 11.1 Å². The Labute approximate surface area is 144 Å². The van der Waals surface area contributed by atoms with Crippen LogP contribution in [0.1, 0.15) is 17.2 Å². The van der Waals surface area contributed by atoms with E-state index in [1.54, 1.807) is 30.3 Å². The van der Waals surface area contributed by atoms with Crippen molar-refractivity contribution in [1.82, 2.24) is 5.32 Å². The maximum absolute atomic E-state index is 12.1. The number of carbonyl (C=O) groups is 2. The normalized spacial score (nSPS) is 11.7. The topological polar surface area (TPSA) is 98.5 Å². The summed E-state index contributed by atoms with van der Waals surface area (Å²) in [5, 5.41) is 13.2. The van der Waals surface area contributed by atoms with Crippen LogP contribution in [0.5, 0.6) is 0 Å². The van der Waals surface area contributed by atoms with Crippen LogP contribution in [0, 0.1) is 10.1 Å². The van der Waals surface area contributed by atoms with Gasteiger partial charge in [0.1, 0.15) is 0 Å². The zero-order valence-corrected chi connectivity index (χ0v) is 13.4. The third-order valence-corrected chi connectivity index (χ3v) is 3.39. The molecule has 0 aliphatic rings. The number of rotatable bonds is 6. The van der Waals surface area contributed by atoms with Crippen LogP contribution in [-0.2, 0) is 14.3 Å². The SMILES string of the molecule is COC(=O)[C@@H](NC(=O)/C=C\c1ccc([N+](=O)[O-])cc1)c1ccccc1. The number of nitro groups is 1. The van der Waals surface area contributed by atoms with Gasteiger partial charge in [-0.05, 0) is 29.3 Å². The highest BCUT2D eigenvalue weighted by molar-refractivity contribution is 5.94. The summed E-state index contributed by atoms with van der Waals surface area (Å²) in [6.07, 6.45) is 2.75. The minimum Gasteiger partial charge on any atom is -0.467 e. The Morgan fingerprint density at radius 1 is 1.12 bits per heavy atom. The van der Waals surface area contributed by atoms with Crippen LogP contribution in [0.3, 0.4) is 0 Å². The van der Waals surface area contributed by atoms with Gasteiger partial charge < -0.3 is 10.1 Å². The molecule has 0 radical (unpaired) electrons. The third-order valence-electron chi connectivity index (χ3n) is 3.39. The van der Waals surface area contributed by atoms with Gasteiger partial charge in [-0.3, -0.25) is 14.9 Å². The second-order valence-corrected chi connectivity index (χ2v) is 5.06. The zero-order chi connectivity index (χ0) is 18.2. The highest BCUT2D eigenvalue weighted by atomic mass is 16.6. The molecular formula is C18H16N2O5. The van der Waals surface area contributed by atoms with E-state index in [1.165, 1.54) is 43.5 Å². The molecule has 0 bridgehead atoms. The number of ether oxygens (including phenoxy) is 1. The van der Waals surface area contributed by atoms with Gasteiger partial charge in [-0.15, -0.1) is 0 Å².